The Morgan fingerprint density at radius 1 is 1.22 bits per heavy atom. The van der Waals surface area contributed by atoms with Crippen LogP contribution in [0.1, 0.15) is 24.0 Å². The van der Waals surface area contributed by atoms with Crippen LogP contribution in [0.2, 0.25) is 0 Å². The Balaban J connectivity index is 2.00. The number of aryl methyl sites for hydroxylation is 2. The van der Waals surface area contributed by atoms with E-state index in [0.717, 1.165) is 5.56 Å². The first-order chi connectivity index (χ1) is 11.0. The number of likely N-dealkylation sites (N-methyl/N-ethyl adjacent to an activating group) is 1. The lowest BCUT2D eigenvalue weighted by Crippen LogP contribution is -2.35. The van der Waals surface area contributed by atoms with Gasteiger partial charge in [-0.2, -0.15) is 0 Å². The van der Waals surface area contributed by atoms with Crippen LogP contribution >= 0.6 is 0 Å². The Bertz CT molecular complexity index is 676. The second kappa shape index (κ2) is 7.67. The summed E-state index contributed by atoms with van der Waals surface area (Å²) < 4.78 is 13.9. The maximum absolute atomic E-state index is 13.9. The molecule has 0 atom stereocenters. The number of carbonyl (C=O) groups is 1. The molecule has 1 aromatic heterocycles. The maximum Gasteiger partial charge on any atom is 0.242 e. The molecule has 0 radical (unpaired) electrons. The molecule has 6 heteroatoms. The zero-order valence-electron chi connectivity index (χ0n) is 13.6. The molecule has 122 valence electrons. The maximum atomic E-state index is 13.9. The van der Waals surface area contributed by atoms with Crippen molar-refractivity contribution in [2.75, 3.05) is 18.4 Å². The number of benzene rings is 1. The molecule has 1 aromatic carbocycles. The minimum absolute atomic E-state index is 0.00646. The number of aromatic nitrogens is 2. The van der Waals surface area contributed by atoms with Crippen molar-refractivity contribution in [3.8, 4) is 0 Å². The summed E-state index contributed by atoms with van der Waals surface area (Å²) in [5, 5.41) is 2.78. The number of nitrogens with one attached hydrogen (secondary N) is 1. The Kier molecular flexibility index (Phi) is 5.62. The molecule has 0 aliphatic heterocycles. The summed E-state index contributed by atoms with van der Waals surface area (Å²) in [7, 11) is 0. The fourth-order valence-corrected chi connectivity index (χ4v) is 2.27. The molecule has 1 N–H and O–H groups in total. The third-order valence-corrected chi connectivity index (χ3v) is 3.49. The predicted molar refractivity (Wildman–Crippen MR) is 87.5 cm³/mol. The third-order valence-electron chi connectivity index (χ3n) is 3.49. The van der Waals surface area contributed by atoms with E-state index < -0.39 is 5.82 Å². The monoisotopic (exact) mass is 316 g/mol. The first-order valence-electron chi connectivity index (χ1n) is 7.57. The van der Waals surface area contributed by atoms with E-state index in [0.29, 0.717) is 18.9 Å². The van der Waals surface area contributed by atoms with E-state index in [1.165, 1.54) is 0 Å². The van der Waals surface area contributed by atoms with Crippen LogP contribution in [0.3, 0.4) is 0 Å². The Morgan fingerprint density at radius 2 is 1.91 bits per heavy atom. The molecule has 5 nitrogen and oxygen atoms in total. The second-order valence-corrected chi connectivity index (χ2v) is 5.27. The molecular weight excluding hydrogens is 295 g/mol. The quantitative estimate of drug-likeness (QED) is 0.890. The van der Waals surface area contributed by atoms with Gasteiger partial charge < -0.3 is 10.2 Å². The second-order valence-electron chi connectivity index (χ2n) is 5.27. The van der Waals surface area contributed by atoms with E-state index in [2.05, 4.69) is 15.3 Å². The molecule has 0 bridgehead atoms. The molecule has 2 rings (SSSR count). The summed E-state index contributed by atoms with van der Waals surface area (Å²) in [6.07, 6.45) is 0. The number of carbonyl (C=O) groups excluding carboxylic acids is 1. The van der Waals surface area contributed by atoms with Crippen LogP contribution in [0.15, 0.2) is 30.3 Å². The Morgan fingerprint density at radius 3 is 2.57 bits per heavy atom. The van der Waals surface area contributed by atoms with Crippen molar-refractivity contribution in [3.05, 3.63) is 53.2 Å². The fourth-order valence-electron chi connectivity index (χ4n) is 2.27. The lowest BCUT2D eigenvalue weighted by atomic mass is 10.2. The largest absolute Gasteiger partial charge is 0.358 e. The van der Waals surface area contributed by atoms with Gasteiger partial charge in [-0.15, -0.1) is 0 Å². The smallest absolute Gasteiger partial charge is 0.242 e. The number of amides is 1. The van der Waals surface area contributed by atoms with Crippen molar-refractivity contribution in [1.29, 1.82) is 0 Å². The van der Waals surface area contributed by atoms with E-state index in [4.69, 9.17) is 0 Å². The SMILES string of the molecule is CCN(Cc1ccccc1)C(=O)CNc1nc(C)nc(C)c1F. The molecule has 0 aliphatic rings. The standard InChI is InChI=1S/C17H21FN4O/c1-4-22(11-14-8-6-5-7-9-14)15(23)10-19-17-16(18)12(2)20-13(3)21-17/h5-9H,4,10-11H2,1-3H3,(H,19,20,21). The van der Waals surface area contributed by atoms with Gasteiger partial charge in [0.25, 0.3) is 0 Å². The molecule has 0 saturated carbocycles. The summed E-state index contributed by atoms with van der Waals surface area (Å²) in [6.45, 7) is 6.29. The van der Waals surface area contributed by atoms with Gasteiger partial charge in [-0.05, 0) is 26.3 Å². The highest BCUT2D eigenvalue weighted by Crippen LogP contribution is 2.13. The van der Waals surface area contributed by atoms with Crippen LogP contribution in [-0.2, 0) is 11.3 Å². The highest BCUT2D eigenvalue weighted by molar-refractivity contribution is 5.80. The van der Waals surface area contributed by atoms with Gasteiger partial charge in [-0.1, -0.05) is 30.3 Å². The lowest BCUT2D eigenvalue weighted by molar-refractivity contribution is -0.129. The van der Waals surface area contributed by atoms with Crippen molar-refractivity contribution < 1.29 is 9.18 Å². The molecule has 23 heavy (non-hydrogen) atoms. The summed E-state index contributed by atoms with van der Waals surface area (Å²) in [4.78, 5) is 22.0. The normalized spacial score (nSPS) is 10.4. The molecular formula is C17H21FN4O. The lowest BCUT2D eigenvalue weighted by Gasteiger charge is -2.21. The molecule has 0 aliphatic carbocycles. The van der Waals surface area contributed by atoms with E-state index in [1.54, 1.807) is 18.7 Å². The van der Waals surface area contributed by atoms with Crippen LogP contribution in [0.5, 0.6) is 0 Å². The van der Waals surface area contributed by atoms with Crippen molar-refractivity contribution >= 4 is 11.7 Å². The molecule has 2 aromatic rings. The first kappa shape index (κ1) is 16.9. The summed E-state index contributed by atoms with van der Waals surface area (Å²) in [5.74, 6) is -0.0891. The first-order valence-corrected chi connectivity index (χ1v) is 7.57. The van der Waals surface area contributed by atoms with Crippen molar-refractivity contribution in [1.82, 2.24) is 14.9 Å². The third kappa shape index (κ3) is 4.48. The van der Waals surface area contributed by atoms with Gasteiger partial charge in [0.15, 0.2) is 11.6 Å². The van der Waals surface area contributed by atoms with Gasteiger partial charge in [-0.3, -0.25) is 4.79 Å². The number of nitrogens with zero attached hydrogens (tertiary/aromatic N) is 3. The zero-order valence-corrected chi connectivity index (χ0v) is 13.6. The number of hydrogen-bond acceptors (Lipinski definition) is 4. The average molecular weight is 316 g/mol. The molecule has 0 unspecified atom stereocenters. The van der Waals surface area contributed by atoms with Gasteiger partial charge in [0.05, 0.1) is 12.2 Å². The molecule has 0 fully saturated rings. The molecule has 1 amide bonds. The Labute approximate surface area is 135 Å². The molecule has 1 heterocycles. The number of rotatable bonds is 6. The van der Waals surface area contributed by atoms with Crippen LogP contribution in [0.4, 0.5) is 10.2 Å². The fraction of sp³-hybridized carbons (Fsp3) is 0.353. The van der Waals surface area contributed by atoms with E-state index >= 15 is 0 Å². The molecule has 0 spiro atoms. The zero-order chi connectivity index (χ0) is 16.8. The van der Waals surface area contributed by atoms with Gasteiger partial charge in [0, 0.05) is 13.1 Å². The van der Waals surface area contributed by atoms with Crippen LogP contribution < -0.4 is 5.32 Å². The van der Waals surface area contributed by atoms with Gasteiger partial charge in [0.2, 0.25) is 5.91 Å². The minimum atomic E-state index is -0.519. The summed E-state index contributed by atoms with van der Waals surface area (Å²) in [6, 6.07) is 9.76. The topological polar surface area (TPSA) is 58.1 Å². The molecule has 0 saturated heterocycles. The summed E-state index contributed by atoms with van der Waals surface area (Å²) in [5.41, 5.74) is 1.33. The van der Waals surface area contributed by atoms with E-state index in [-0.39, 0.29) is 24.0 Å². The van der Waals surface area contributed by atoms with Crippen molar-refractivity contribution in [3.63, 3.8) is 0 Å². The van der Waals surface area contributed by atoms with Gasteiger partial charge >= 0.3 is 0 Å². The highest BCUT2D eigenvalue weighted by atomic mass is 19.1. The van der Waals surface area contributed by atoms with Crippen LogP contribution in [0.25, 0.3) is 0 Å². The van der Waals surface area contributed by atoms with E-state index in [1.807, 2.05) is 37.3 Å². The van der Waals surface area contributed by atoms with Crippen LogP contribution in [0, 0.1) is 19.7 Å². The van der Waals surface area contributed by atoms with Gasteiger partial charge in [0.1, 0.15) is 5.82 Å². The number of anilines is 1. The average Bonchev–Trinajstić information content (AvgIpc) is 2.55. The number of halogens is 1. The number of hydrogen-bond donors (Lipinski definition) is 1. The van der Waals surface area contributed by atoms with E-state index in [9.17, 15) is 9.18 Å². The summed E-state index contributed by atoms with van der Waals surface area (Å²) >= 11 is 0. The van der Waals surface area contributed by atoms with Crippen molar-refractivity contribution in [2.24, 2.45) is 0 Å². The van der Waals surface area contributed by atoms with Crippen molar-refractivity contribution in [2.45, 2.75) is 27.3 Å². The minimum Gasteiger partial charge on any atom is -0.358 e. The highest BCUT2D eigenvalue weighted by Gasteiger charge is 2.15. The van der Waals surface area contributed by atoms with Crippen LogP contribution in [-0.4, -0.2) is 33.9 Å². The Hall–Kier alpha value is -2.50. The van der Waals surface area contributed by atoms with Gasteiger partial charge in [-0.25, -0.2) is 14.4 Å². The predicted octanol–water partition coefficient (Wildman–Crippen LogP) is 2.69.